The molecule has 3 aromatic rings. The van der Waals surface area contributed by atoms with Crippen LogP contribution in [0.2, 0.25) is 0 Å². The highest BCUT2D eigenvalue weighted by Gasteiger charge is 2.36. The maximum atomic E-state index is 12.6. The molecule has 1 heterocycles. The van der Waals surface area contributed by atoms with Crippen LogP contribution >= 0.6 is 0 Å². The number of nitrogens with zero attached hydrogens (tertiary/aromatic N) is 1. The summed E-state index contributed by atoms with van der Waals surface area (Å²) in [4.78, 5) is 38.7. The molecule has 4 rings (SSSR count). The summed E-state index contributed by atoms with van der Waals surface area (Å²) >= 11 is 0. The van der Waals surface area contributed by atoms with Gasteiger partial charge in [-0.2, -0.15) is 0 Å². The van der Waals surface area contributed by atoms with Gasteiger partial charge in [0.1, 0.15) is 11.5 Å². The zero-order valence-electron chi connectivity index (χ0n) is 19.9. The Morgan fingerprint density at radius 2 is 1.56 bits per heavy atom. The lowest BCUT2D eigenvalue weighted by atomic mass is 10.1. The summed E-state index contributed by atoms with van der Waals surface area (Å²) in [5, 5.41) is 2.64. The summed E-state index contributed by atoms with van der Waals surface area (Å²) in [6.45, 7) is -0.269. The highest BCUT2D eigenvalue weighted by Crippen LogP contribution is 2.33. The first-order valence-corrected chi connectivity index (χ1v) is 11.3. The van der Waals surface area contributed by atoms with Gasteiger partial charge >= 0.3 is 5.97 Å². The van der Waals surface area contributed by atoms with Gasteiger partial charge in [-0.25, -0.2) is 0 Å². The van der Waals surface area contributed by atoms with Crippen molar-refractivity contribution in [3.05, 3.63) is 72.8 Å². The Bertz CT molecular complexity index is 1230. The third-order valence-electron chi connectivity index (χ3n) is 5.62. The molecule has 9 nitrogen and oxygen atoms in total. The van der Waals surface area contributed by atoms with Crippen LogP contribution in [0, 0.1) is 5.92 Å². The fourth-order valence-electron chi connectivity index (χ4n) is 3.77. The largest absolute Gasteiger partial charge is 0.497 e. The second kappa shape index (κ2) is 11.3. The third kappa shape index (κ3) is 5.93. The number of benzene rings is 3. The first-order chi connectivity index (χ1) is 17.5. The Morgan fingerprint density at radius 3 is 2.22 bits per heavy atom. The van der Waals surface area contributed by atoms with Gasteiger partial charge in [-0.05, 0) is 60.7 Å². The van der Waals surface area contributed by atoms with Crippen molar-refractivity contribution in [1.29, 1.82) is 0 Å². The Labute approximate surface area is 208 Å². The molecular weight excluding hydrogens is 464 g/mol. The van der Waals surface area contributed by atoms with Crippen LogP contribution in [-0.4, -0.2) is 45.2 Å². The molecule has 36 heavy (non-hydrogen) atoms. The highest BCUT2D eigenvalue weighted by molar-refractivity contribution is 6.00. The molecule has 2 amide bonds. The topological polar surface area (TPSA) is 103 Å². The second-order valence-electron chi connectivity index (χ2n) is 8.04. The van der Waals surface area contributed by atoms with Gasteiger partial charge in [0, 0.05) is 24.3 Å². The SMILES string of the molecule is COc1ccc(NC(=O)COC(=O)[C@@H]2CC(=O)N(c3ccc(Oc4ccccc4OC)cc3)C2)cc1. The van der Waals surface area contributed by atoms with Crippen molar-refractivity contribution in [3.63, 3.8) is 0 Å². The number of para-hydroxylation sites is 2. The molecule has 0 bridgehead atoms. The third-order valence-corrected chi connectivity index (χ3v) is 5.62. The van der Waals surface area contributed by atoms with E-state index < -0.39 is 24.4 Å². The molecule has 1 atom stereocenters. The second-order valence-corrected chi connectivity index (χ2v) is 8.04. The predicted octanol–water partition coefficient (Wildman–Crippen LogP) is 4.03. The first kappa shape index (κ1) is 24.6. The Balaban J connectivity index is 1.29. The molecule has 0 spiro atoms. The summed E-state index contributed by atoms with van der Waals surface area (Å²) in [6.07, 6.45) is 0.0123. The van der Waals surface area contributed by atoms with Crippen molar-refractivity contribution in [2.24, 2.45) is 5.92 Å². The lowest BCUT2D eigenvalue weighted by Gasteiger charge is -2.17. The van der Waals surface area contributed by atoms with Crippen LogP contribution in [0.3, 0.4) is 0 Å². The van der Waals surface area contributed by atoms with E-state index in [1.54, 1.807) is 74.9 Å². The van der Waals surface area contributed by atoms with E-state index in [2.05, 4.69) is 5.32 Å². The lowest BCUT2D eigenvalue weighted by Crippen LogP contribution is -2.28. The van der Waals surface area contributed by atoms with Crippen molar-refractivity contribution in [3.8, 4) is 23.0 Å². The Kier molecular flexibility index (Phi) is 7.69. The Morgan fingerprint density at radius 1 is 0.889 bits per heavy atom. The number of hydrogen-bond donors (Lipinski definition) is 1. The lowest BCUT2D eigenvalue weighted by molar-refractivity contribution is -0.151. The monoisotopic (exact) mass is 490 g/mol. The first-order valence-electron chi connectivity index (χ1n) is 11.3. The summed E-state index contributed by atoms with van der Waals surface area (Å²) < 4.78 is 21.4. The van der Waals surface area contributed by atoms with Crippen molar-refractivity contribution in [2.45, 2.75) is 6.42 Å². The van der Waals surface area contributed by atoms with E-state index in [0.717, 1.165) is 0 Å². The van der Waals surface area contributed by atoms with E-state index in [9.17, 15) is 14.4 Å². The minimum atomic E-state index is -0.657. The maximum absolute atomic E-state index is 12.6. The molecule has 1 aliphatic rings. The standard InChI is InChI=1S/C27H26N2O7/c1-33-21-11-7-19(8-12-21)28-25(30)17-35-27(32)18-15-26(31)29(16-18)20-9-13-22(14-10-20)36-24-6-4-3-5-23(24)34-2/h3-14,18H,15-17H2,1-2H3,(H,28,30)/t18-/m1/s1. The molecular formula is C27H26N2O7. The number of hydrogen-bond acceptors (Lipinski definition) is 7. The molecule has 0 unspecified atom stereocenters. The zero-order chi connectivity index (χ0) is 25.5. The van der Waals surface area contributed by atoms with Crippen LogP contribution in [0.25, 0.3) is 0 Å². The number of nitrogens with one attached hydrogen (secondary N) is 1. The van der Waals surface area contributed by atoms with E-state index in [4.69, 9.17) is 18.9 Å². The van der Waals surface area contributed by atoms with Crippen molar-refractivity contribution in [2.75, 3.05) is 37.6 Å². The summed E-state index contributed by atoms with van der Waals surface area (Å²) in [5.74, 6) is 0.502. The average Bonchev–Trinajstić information content (AvgIpc) is 3.30. The highest BCUT2D eigenvalue weighted by atomic mass is 16.5. The maximum Gasteiger partial charge on any atom is 0.311 e. The van der Waals surface area contributed by atoms with Crippen LogP contribution in [0.4, 0.5) is 11.4 Å². The molecule has 0 saturated carbocycles. The van der Waals surface area contributed by atoms with Crippen molar-refractivity contribution in [1.82, 2.24) is 0 Å². The van der Waals surface area contributed by atoms with E-state index in [1.807, 2.05) is 12.1 Å². The molecule has 1 fully saturated rings. The number of amides is 2. The van der Waals surface area contributed by atoms with Crippen LogP contribution in [-0.2, 0) is 19.1 Å². The van der Waals surface area contributed by atoms with Crippen LogP contribution in [0.5, 0.6) is 23.0 Å². The molecule has 1 aliphatic heterocycles. The summed E-state index contributed by atoms with van der Waals surface area (Å²) in [5.41, 5.74) is 1.19. The van der Waals surface area contributed by atoms with E-state index in [1.165, 1.54) is 4.90 Å². The molecule has 0 aliphatic carbocycles. The molecule has 186 valence electrons. The number of anilines is 2. The van der Waals surface area contributed by atoms with Gasteiger partial charge in [0.2, 0.25) is 5.91 Å². The zero-order valence-corrected chi connectivity index (χ0v) is 19.9. The Hall–Kier alpha value is -4.53. The fraction of sp³-hybridized carbons (Fsp3) is 0.222. The van der Waals surface area contributed by atoms with Gasteiger partial charge in [-0.3, -0.25) is 14.4 Å². The van der Waals surface area contributed by atoms with Gasteiger partial charge in [0.15, 0.2) is 18.1 Å². The van der Waals surface area contributed by atoms with E-state index in [0.29, 0.717) is 34.4 Å². The number of ether oxygens (including phenoxy) is 4. The summed E-state index contributed by atoms with van der Waals surface area (Å²) in [7, 11) is 3.12. The van der Waals surface area contributed by atoms with Crippen LogP contribution in [0.1, 0.15) is 6.42 Å². The smallest absolute Gasteiger partial charge is 0.311 e. The van der Waals surface area contributed by atoms with Gasteiger partial charge in [0.05, 0.1) is 20.1 Å². The van der Waals surface area contributed by atoms with E-state index in [-0.39, 0.29) is 18.9 Å². The molecule has 0 radical (unpaired) electrons. The quantitative estimate of drug-likeness (QED) is 0.452. The predicted molar refractivity (Wildman–Crippen MR) is 133 cm³/mol. The summed E-state index contributed by atoms with van der Waals surface area (Å²) in [6, 6.07) is 21.0. The number of rotatable bonds is 9. The van der Waals surface area contributed by atoms with Crippen molar-refractivity contribution < 1.29 is 33.3 Å². The van der Waals surface area contributed by atoms with Crippen molar-refractivity contribution >= 4 is 29.2 Å². The van der Waals surface area contributed by atoms with Gasteiger partial charge in [0.25, 0.3) is 5.91 Å². The molecule has 3 aromatic carbocycles. The minimum Gasteiger partial charge on any atom is -0.497 e. The molecule has 9 heteroatoms. The average molecular weight is 491 g/mol. The molecule has 0 aromatic heterocycles. The van der Waals surface area contributed by atoms with Gasteiger partial charge in [-0.15, -0.1) is 0 Å². The number of methoxy groups -OCH3 is 2. The number of esters is 1. The van der Waals surface area contributed by atoms with E-state index >= 15 is 0 Å². The van der Waals surface area contributed by atoms with Crippen LogP contribution in [0.15, 0.2) is 72.8 Å². The minimum absolute atomic E-state index is 0.0123. The number of carbonyl (C=O) groups excluding carboxylic acids is 3. The normalized spacial score (nSPS) is 14.8. The molecule has 1 saturated heterocycles. The van der Waals surface area contributed by atoms with Gasteiger partial charge in [-0.1, -0.05) is 12.1 Å². The molecule has 1 N–H and O–H groups in total. The van der Waals surface area contributed by atoms with Gasteiger partial charge < -0.3 is 29.2 Å². The number of carbonyl (C=O) groups is 3. The fourth-order valence-corrected chi connectivity index (χ4v) is 3.77. The van der Waals surface area contributed by atoms with Crippen LogP contribution < -0.4 is 24.4 Å².